The van der Waals surface area contributed by atoms with Crippen LogP contribution in [-0.4, -0.2) is 13.1 Å². The zero-order valence-corrected chi connectivity index (χ0v) is 8.48. The first kappa shape index (κ1) is 11.0. The minimum atomic E-state index is 0.740. The number of nitrogens with one attached hydrogen (secondary N) is 1. The van der Waals surface area contributed by atoms with E-state index >= 15 is 0 Å². The molecule has 0 spiro atoms. The molecule has 0 amide bonds. The quantitative estimate of drug-likeness (QED) is 0.625. The van der Waals surface area contributed by atoms with Crippen LogP contribution in [0.3, 0.4) is 0 Å². The summed E-state index contributed by atoms with van der Waals surface area (Å²) < 4.78 is 0. The van der Waals surface area contributed by atoms with Gasteiger partial charge in [0.2, 0.25) is 0 Å². The molecular weight excluding hydrogens is 134 g/mol. The Bertz CT molecular complexity index is 76.9. The zero-order chi connectivity index (χ0) is 8.69. The van der Waals surface area contributed by atoms with Crippen molar-refractivity contribution < 1.29 is 0 Å². The van der Waals surface area contributed by atoms with Crippen molar-refractivity contribution >= 4 is 0 Å². The van der Waals surface area contributed by atoms with Gasteiger partial charge in [-0.1, -0.05) is 27.2 Å². The molecule has 1 N–H and O–H groups in total. The molecule has 0 radical (unpaired) electrons. The average Bonchev–Trinajstić information content (AvgIpc) is 2.06. The van der Waals surface area contributed by atoms with E-state index in [0.717, 1.165) is 12.0 Å². The minimum absolute atomic E-state index is 0.740. The van der Waals surface area contributed by atoms with E-state index in [9.17, 15) is 0 Å². The molecule has 0 aromatic heterocycles. The highest BCUT2D eigenvalue weighted by atomic mass is 14.9. The second-order valence-corrected chi connectivity index (χ2v) is 3.48. The molecule has 1 heteroatoms. The SMILES string of the molecule is CCC(C)CC[C@H](CC)NC. The van der Waals surface area contributed by atoms with Crippen LogP contribution in [0.15, 0.2) is 0 Å². The van der Waals surface area contributed by atoms with Crippen LogP contribution in [0.4, 0.5) is 0 Å². The van der Waals surface area contributed by atoms with Crippen molar-refractivity contribution in [3.8, 4) is 0 Å². The summed E-state index contributed by atoms with van der Waals surface area (Å²) in [5.74, 6) is 0.900. The minimum Gasteiger partial charge on any atom is -0.317 e. The van der Waals surface area contributed by atoms with Gasteiger partial charge >= 0.3 is 0 Å². The Kier molecular flexibility index (Phi) is 6.63. The molecule has 11 heavy (non-hydrogen) atoms. The molecule has 1 nitrogen and oxygen atoms in total. The van der Waals surface area contributed by atoms with Crippen molar-refractivity contribution in [2.75, 3.05) is 7.05 Å². The van der Waals surface area contributed by atoms with Crippen LogP contribution in [-0.2, 0) is 0 Å². The molecule has 0 aliphatic heterocycles. The molecule has 2 atom stereocenters. The summed E-state index contributed by atoms with van der Waals surface area (Å²) in [5.41, 5.74) is 0. The molecule has 0 fully saturated rings. The molecule has 0 saturated carbocycles. The smallest absolute Gasteiger partial charge is 0.00615 e. The Labute approximate surface area is 71.6 Å². The predicted octanol–water partition coefficient (Wildman–Crippen LogP) is 2.81. The topological polar surface area (TPSA) is 12.0 Å². The van der Waals surface area contributed by atoms with Crippen molar-refractivity contribution in [2.24, 2.45) is 5.92 Å². The van der Waals surface area contributed by atoms with Crippen LogP contribution in [0, 0.1) is 5.92 Å². The first-order chi connectivity index (χ1) is 5.24. The maximum atomic E-state index is 3.33. The molecule has 0 aliphatic carbocycles. The summed E-state index contributed by atoms with van der Waals surface area (Å²) in [6, 6.07) is 0.740. The third-order valence-electron chi connectivity index (χ3n) is 2.61. The molecule has 1 unspecified atom stereocenters. The van der Waals surface area contributed by atoms with Gasteiger partial charge in [0.1, 0.15) is 0 Å². The summed E-state index contributed by atoms with van der Waals surface area (Å²) in [6.45, 7) is 6.85. The molecule has 0 aromatic carbocycles. The van der Waals surface area contributed by atoms with Crippen LogP contribution >= 0.6 is 0 Å². The Hall–Kier alpha value is -0.0400. The Morgan fingerprint density at radius 2 is 1.73 bits per heavy atom. The lowest BCUT2D eigenvalue weighted by Gasteiger charge is -2.15. The van der Waals surface area contributed by atoms with E-state index in [4.69, 9.17) is 0 Å². The van der Waals surface area contributed by atoms with Gasteiger partial charge in [0.05, 0.1) is 0 Å². The normalized spacial score (nSPS) is 16.4. The molecular formula is C10H23N. The predicted molar refractivity (Wildman–Crippen MR) is 51.8 cm³/mol. The molecule has 0 aromatic rings. The Balaban J connectivity index is 3.34. The van der Waals surface area contributed by atoms with E-state index in [1.54, 1.807) is 0 Å². The summed E-state index contributed by atoms with van der Waals surface area (Å²) in [4.78, 5) is 0. The first-order valence-corrected chi connectivity index (χ1v) is 4.91. The fourth-order valence-corrected chi connectivity index (χ4v) is 1.24. The van der Waals surface area contributed by atoms with Crippen molar-refractivity contribution in [1.29, 1.82) is 0 Å². The monoisotopic (exact) mass is 157 g/mol. The van der Waals surface area contributed by atoms with E-state index in [0.29, 0.717) is 0 Å². The zero-order valence-electron chi connectivity index (χ0n) is 8.48. The van der Waals surface area contributed by atoms with Gasteiger partial charge in [0, 0.05) is 6.04 Å². The van der Waals surface area contributed by atoms with Crippen molar-refractivity contribution in [3.05, 3.63) is 0 Å². The second-order valence-electron chi connectivity index (χ2n) is 3.48. The van der Waals surface area contributed by atoms with E-state index in [1.807, 2.05) is 0 Å². The summed E-state index contributed by atoms with van der Waals surface area (Å²) >= 11 is 0. The first-order valence-electron chi connectivity index (χ1n) is 4.91. The Morgan fingerprint density at radius 3 is 2.09 bits per heavy atom. The lowest BCUT2D eigenvalue weighted by atomic mass is 9.98. The fourth-order valence-electron chi connectivity index (χ4n) is 1.24. The average molecular weight is 157 g/mol. The lowest BCUT2D eigenvalue weighted by Crippen LogP contribution is -2.24. The van der Waals surface area contributed by atoms with E-state index in [-0.39, 0.29) is 0 Å². The molecule has 68 valence electrons. The highest BCUT2D eigenvalue weighted by molar-refractivity contribution is 4.63. The van der Waals surface area contributed by atoms with E-state index < -0.39 is 0 Å². The highest BCUT2D eigenvalue weighted by Crippen LogP contribution is 2.12. The largest absolute Gasteiger partial charge is 0.317 e. The van der Waals surface area contributed by atoms with Crippen LogP contribution in [0.2, 0.25) is 0 Å². The molecule has 0 bridgehead atoms. The van der Waals surface area contributed by atoms with E-state index in [1.165, 1.54) is 25.7 Å². The lowest BCUT2D eigenvalue weighted by molar-refractivity contribution is 0.420. The highest BCUT2D eigenvalue weighted by Gasteiger charge is 2.04. The van der Waals surface area contributed by atoms with Gasteiger partial charge in [-0.25, -0.2) is 0 Å². The van der Waals surface area contributed by atoms with Crippen LogP contribution in [0.25, 0.3) is 0 Å². The number of rotatable bonds is 6. The van der Waals surface area contributed by atoms with E-state index in [2.05, 4.69) is 33.1 Å². The van der Waals surface area contributed by atoms with Gasteiger partial charge in [-0.15, -0.1) is 0 Å². The summed E-state index contributed by atoms with van der Waals surface area (Å²) in [5, 5.41) is 3.33. The fraction of sp³-hybridized carbons (Fsp3) is 1.00. The molecule has 0 rings (SSSR count). The number of hydrogen-bond donors (Lipinski definition) is 1. The van der Waals surface area contributed by atoms with Crippen LogP contribution in [0.5, 0.6) is 0 Å². The van der Waals surface area contributed by atoms with Gasteiger partial charge in [-0.3, -0.25) is 0 Å². The van der Waals surface area contributed by atoms with Gasteiger partial charge in [-0.05, 0) is 32.2 Å². The van der Waals surface area contributed by atoms with Crippen molar-refractivity contribution in [2.45, 2.75) is 52.5 Å². The number of hydrogen-bond acceptors (Lipinski definition) is 1. The van der Waals surface area contributed by atoms with Crippen molar-refractivity contribution in [1.82, 2.24) is 5.32 Å². The van der Waals surface area contributed by atoms with Crippen LogP contribution < -0.4 is 5.32 Å². The second kappa shape index (κ2) is 6.66. The molecule has 0 heterocycles. The van der Waals surface area contributed by atoms with Gasteiger partial charge in [-0.2, -0.15) is 0 Å². The third-order valence-corrected chi connectivity index (χ3v) is 2.61. The van der Waals surface area contributed by atoms with Crippen LogP contribution in [0.1, 0.15) is 46.5 Å². The molecule has 0 saturated heterocycles. The summed E-state index contributed by atoms with van der Waals surface area (Å²) in [7, 11) is 2.06. The van der Waals surface area contributed by atoms with Gasteiger partial charge in [0.25, 0.3) is 0 Å². The van der Waals surface area contributed by atoms with Gasteiger partial charge in [0.15, 0.2) is 0 Å². The maximum Gasteiger partial charge on any atom is 0.00615 e. The van der Waals surface area contributed by atoms with Gasteiger partial charge < -0.3 is 5.32 Å². The standard InChI is InChI=1S/C10H23N/c1-5-9(3)7-8-10(6-2)11-4/h9-11H,5-8H2,1-4H3/t9?,10-/m0/s1. The summed E-state index contributed by atoms with van der Waals surface area (Å²) in [6.07, 6.45) is 5.28. The third kappa shape index (κ3) is 5.25. The molecule has 0 aliphatic rings. The maximum absolute atomic E-state index is 3.33. The Morgan fingerprint density at radius 1 is 1.09 bits per heavy atom. The van der Waals surface area contributed by atoms with Crippen molar-refractivity contribution in [3.63, 3.8) is 0 Å².